The quantitative estimate of drug-likeness (QED) is 0.156. The summed E-state index contributed by atoms with van der Waals surface area (Å²) in [4.78, 5) is 10.1. The molecule has 4 heterocycles. The average Bonchev–Trinajstić information content (AvgIpc) is 3.92. The van der Waals surface area contributed by atoms with Crippen LogP contribution in [0.5, 0.6) is 0 Å². The number of hydrogen-bond donors (Lipinski definition) is 0. The summed E-state index contributed by atoms with van der Waals surface area (Å²) in [5.41, 5.74) is 11.8. The van der Waals surface area contributed by atoms with Crippen molar-refractivity contribution in [1.29, 1.82) is 0 Å². The smallest absolute Gasteiger partial charge is 0.206 e. The Morgan fingerprint density at radius 1 is 0.815 bits per heavy atom. The predicted molar refractivity (Wildman–Crippen MR) is 214 cm³/mol. The summed E-state index contributed by atoms with van der Waals surface area (Å²) >= 11 is 1.63. The van der Waals surface area contributed by atoms with E-state index in [0.717, 1.165) is 37.6 Å². The summed E-state index contributed by atoms with van der Waals surface area (Å²) in [6.07, 6.45) is 3.08. The van der Waals surface area contributed by atoms with Crippen molar-refractivity contribution in [3.63, 3.8) is 0 Å². The van der Waals surface area contributed by atoms with Gasteiger partial charge in [0, 0.05) is 41.9 Å². The minimum Gasteiger partial charge on any atom is -0.333 e. The standard InChI is InChI=1S/C33H28N5S.C12H9FN.Ir/c1-20(2)25-17-23(22-11-6-5-7-12-22)18-26(21(3)4)30(25)38-28-15-9-8-14-27(28)35-32(38)24-13-10-16-29-31(24)39-33-36-34-19-37(29)33;1-9-2-7-12(14-8-9)10-3-5-11(13)6-4-10;/h5-12,14-21H,1-4H3;2-3,5-8H,1H3;/q2*-1;/i;1D3;. The van der Waals surface area contributed by atoms with E-state index in [-0.39, 0.29) is 31.5 Å². The second kappa shape index (κ2) is 15.6. The van der Waals surface area contributed by atoms with Crippen LogP contribution in [0.2, 0.25) is 0 Å². The van der Waals surface area contributed by atoms with Crippen LogP contribution in [0.1, 0.15) is 60.3 Å². The van der Waals surface area contributed by atoms with Gasteiger partial charge in [-0.1, -0.05) is 87.9 Å². The number of halogens is 1. The van der Waals surface area contributed by atoms with E-state index in [4.69, 9.17) is 9.10 Å². The predicted octanol–water partition coefficient (Wildman–Crippen LogP) is 11.7. The summed E-state index contributed by atoms with van der Waals surface area (Å²) in [6.45, 7) is 6.97. The van der Waals surface area contributed by atoms with E-state index in [2.05, 4.69) is 132 Å². The normalized spacial score (nSPS) is 12.4. The Kier molecular flexibility index (Phi) is 9.58. The maximum absolute atomic E-state index is 12.7. The first-order valence-corrected chi connectivity index (χ1v) is 18.3. The fourth-order valence-corrected chi connectivity index (χ4v) is 7.67. The molecule has 0 fully saturated rings. The number of aryl methyl sites for hydroxylation is 1. The second-order valence-electron chi connectivity index (χ2n) is 13.4. The molecule has 0 unspecified atom stereocenters. The molecule has 0 aliphatic carbocycles. The number of hydrogen-bond acceptors (Lipinski definition) is 5. The Bertz CT molecular complexity index is 2780. The number of nitrogens with zero attached hydrogens (tertiary/aromatic N) is 6. The van der Waals surface area contributed by atoms with E-state index in [9.17, 15) is 4.39 Å². The molecule has 0 bridgehead atoms. The molecule has 6 nitrogen and oxygen atoms in total. The molecule has 9 heteroatoms. The van der Waals surface area contributed by atoms with E-state index in [1.165, 1.54) is 52.3 Å². The molecular formula is C45H37FIrN6S-2. The van der Waals surface area contributed by atoms with Crippen molar-refractivity contribution >= 4 is 37.5 Å². The van der Waals surface area contributed by atoms with Crippen LogP contribution in [-0.2, 0) is 20.1 Å². The monoisotopic (exact) mass is 908 g/mol. The van der Waals surface area contributed by atoms with Gasteiger partial charge >= 0.3 is 0 Å². The zero-order valence-corrected chi connectivity index (χ0v) is 33.2. The van der Waals surface area contributed by atoms with Crippen molar-refractivity contribution in [1.82, 2.24) is 29.1 Å². The molecule has 0 saturated carbocycles. The molecule has 0 aliphatic heterocycles. The molecule has 9 aromatic rings. The second-order valence-corrected chi connectivity index (χ2v) is 14.4. The van der Waals surface area contributed by atoms with Gasteiger partial charge in [0.15, 0.2) is 0 Å². The van der Waals surface area contributed by atoms with Crippen LogP contribution in [0.15, 0.2) is 122 Å². The SMILES string of the molecule is CC(C)c1cc(-c2ccccc2)cc(C(C)C)c1-n1c(-c2[c-]ccc3c2sc2nncn23)nc2ccccc21.[2H]C([2H])([2H])c1ccc(-c2[c-]cc(F)cc2)nc1.[Ir]. The first-order valence-electron chi connectivity index (χ1n) is 19.0. The summed E-state index contributed by atoms with van der Waals surface area (Å²) in [6, 6.07) is 41.4. The van der Waals surface area contributed by atoms with Crippen LogP contribution < -0.4 is 0 Å². The third-order valence-corrected chi connectivity index (χ3v) is 10.3. The number of fused-ring (bicyclic) bond motifs is 4. The minimum absolute atomic E-state index is 0. The molecule has 9 rings (SSSR count). The number of aromatic nitrogens is 6. The molecule has 0 aliphatic rings. The van der Waals surface area contributed by atoms with Gasteiger partial charge in [0.1, 0.15) is 6.33 Å². The molecule has 0 N–H and O–H groups in total. The van der Waals surface area contributed by atoms with Gasteiger partial charge in [-0.15, -0.1) is 69.6 Å². The largest absolute Gasteiger partial charge is 0.333 e. The summed E-state index contributed by atoms with van der Waals surface area (Å²) in [5, 5.41) is 8.42. The van der Waals surface area contributed by atoms with Crippen molar-refractivity contribution in [2.75, 3.05) is 0 Å². The van der Waals surface area contributed by atoms with Crippen molar-refractivity contribution < 1.29 is 28.6 Å². The molecule has 0 spiro atoms. The van der Waals surface area contributed by atoms with Crippen LogP contribution >= 0.6 is 11.3 Å². The zero-order valence-electron chi connectivity index (χ0n) is 33.0. The number of rotatable bonds is 6. The van der Waals surface area contributed by atoms with Crippen LogP contribution in [0, 0.1) is 24.8 Å². The van der Waals surface area contributed by atoms with Crippen molar-refractivity contribution in [3.8, 4) is 39.5 Å². The molecule has 0 amide bonds. The maximum atomic E-state index is 12.7. The molecule has 54 heavy (non-hydrogen) atoms. The zero-order chi connectivity index (χ0) is 39.1. The number of thiazole rings is 1. The topological polar surface area (TPSA) is 60.9 Å². The third-order valence-electron chi connectivity index (χ3n) is 9.24. The van der Waals surface area contributed by atoms with Crippen LogP contribution in [-0.4, -0.2) is 29.1 Å². The van der Waals surface area contributed by atoms with Crippen molar-refractivity contribution in [3.05, 3.63) is 156 Å². The Morgan fingerprint density at radius 3 is 2.26 bits per heavy atom. The fourth-order valence-electron chi connectivity index (χ4n) is 6.64. The van der Waals surface area contributed by atoms with Crippen molar-refractivity contribution in [2.45, 2.75) is 46.4 Å². The van der Waals surface area contributed by atoms with Gasteiger partial charge in [0.05, 0.1) is 16.9 Å². The van der Waals surface area contributed by atoms with Crippen LogP contribution in [0.3, 0.4) is 0 Å². The van der Waals surface area contributed by atoms with Gasteiger partial charge in [0.2, 0.25) is 4.96 Å². The van der Waals surface area contributed by atoms with E-state index < -0.39 is 6.85 Å². The van der Waals surface area contributed by atoms with Crippen LogP contribution in [0.4, 0.5) is 4.39 Å². The summed E-state index contributed by atoms with van der Waals surface area (Å²) in [7, 11) is 0. The molecule has 271 valence electrons. The maximum Gasteiger partial charge on any atom is 0.206 e. The summed E-state index contributed by atoms with van der Waals surface area (Å²) < 4.78 is 39.9. The Balaban J connectivity index is 0.000000232. The Hall–Kier alpha value is -5.34. The molecule has 4 aromatic heterocycles. The Morgan fingerprint density at radius 2 is 1.57 bits per heavy atom. The van der Waals surface area contributed by atoms with Gasteiger partial charge in [-0.05, 0) is 86.7 Å². The molecule has 0 atom stereocenters. The van der Waals surface area contributed by atoms with E-state index in [1.54, 1.807) is 29.8 Å². The van der Waals surface area contributed by atoms with Gasteiger partial charge in [0.25, 0.3) is 0 Å². The van der Waals surface area contributed by atoms with E-state index >= 15 is 0 Å². The first-order chi connectivity index (χ1) is 27.0. The Labute approximate surface area is 336 Å². The molecular weight excluding hydrogens is 868 g/mol. The van der Waals surface area contributed by atoms with Gasteiger partial charge in [-0.25, -0.2) is 0 Å². The van der Waals surface area contributed by atoms with E-state index in [1.807, 2.05) is 10.5 Å². The fraction of sp³-hybridized carbons (Fsp3) is 0.156. The van der Waals surface area contributed by atoms with Gasteiger partial charge in [-0.2, -0.15) is 0 Å². The van der Waals surface area contributed by atoms with Crippen LogP contribution in [0.25, 0.3) is 65.7 Å². The number of imidazole rings is 1. The van der Waals surface area contributed by atoms with Gasteiger partial charge in [-0.3, -0.25) is 13.8 Å². The number of pyridine rings is 1. The number of para-hydroxylation sites is 2. The number of benzene rings is 5. The van der Waals surface area contributed by atoms with E-state index in [0.29, 0.717) is 23.1 Å². The molecule has 0 saturated heterocycles. The molecule has 1 radical (unpaired) electrons. The average molecular weight is 908 g/mol. The summed E-state index contributed by atoms with van der Waals surface area (Å²) in [5.74, 6) is 1.15. The minimum atomic E-state index is -2.15. The first kappa shape index (κ1) is 33.2. The molecule has 5 aromatic carbocycles. The van der Waals surface area contributed by atoms with Gasteiger partial charge < -0.3 is 9.55 Å². The van der Waals surface area contributed by atoms with Crippen molar-refractivity contribution in [2.24, 2.45) is 0 Å². The third kappa shape index (κ3) is 7.03.